The van der Waals surface area contributed by atoms with Gasteiger partial charge in [0, 0.05) is 43.5 Å². The number of halogens is 4. The quantitative estimate of drug-likeness (QED) is 0.407. The molecule has 0 atom stereocenters. The largest absolute Gasteiger partial charge is 0.435 e. The van der Waals surface area contributed by atoms with Gasteiger partial charge in [-0.3, -0.25) is 9.67 Å². The second-order valence-corrected chi connectivity index (χ2v) is 6.14. The van der Waals surface area contributed by atoms with Gasteiger partial charge in [-0.15, -0.1) is 35.3 Å². The molecule has 0 bridgehead atoms. The highest BCUT2D eigenvalue weighted by atomic mass is 127. The summed E-state index contributed by atoms with van der Waals surface area (Å²) < 4.78 is 39.8. The van der Waals surface area contributed by atoms with Crippen molar-refractivity contribution in [3.05, 3.63) is 33.5 Å². The number of hydrogen-bond acceptors (Lipinski definition) is 4. The average molecular weight is 474 g/mol. The number of hydrogen-bond donors (Lipinski definition) is 2. The van der Waals surface area contributed by atoms with Crippen LogP contribution in [0.4, 0.5) is 13.2 Å². The Labute approximate surface area is 158 Å². The van der Waals surface area contributed by atoms with E-state index in [0.717, 1.165) is 14.6 Å². The van der Waals surface area contributed by atoms with Crippen molar-refractivity contribution in [2.24, 2.45) is 12.0 Å². The van der Waals surface area contributed by atoms with Crippen molar-refractivity contribution in [3.63, 3.8) is 0 Å². The van der Waals surface area contributed by atoms with Gasteiger partial charge in [-0.1, -0.05) is 0 Å². The standard InChI is InChI=1S/C13H17F3N6S.HI/c1-8-4-18-10(23-8)6-20-12(17-2)19-5-9-7-22(3)21-11(9)13(14,15)16;/h4,7H,5-6H2,1-3H3,(H2,17,19,20);1H. The van der Waals surface area contributed by atoms with Gasteiger partial charge in [0.15, 0.2) is 11.7 Å². The van der Waals surface area contributed by atoms with Crippen LogP contribution in [0, 0.1) is 6.92 Å². The number of thiazole rings is 1. The summed E-state index contributed by atoms with van der Waals surface area (Å²) >= 11 is 1.55. The summed E-state index contributed by atoms with van der Waals surface area (Å²) in [7, 11) is 3.01. The minimum absolute atomic E-state index is 0. The molecule has 11 heteroatoms. The lowest BCUT2D eigenvalue weighted by molar-refractivity contribution is -0.142. The fraction of sp³-hybridized carbons (Fsp3) is 0.462. The van der Waals surface area contributed by atoms with E-state index in [0.29, 0.717) is 12.5 Å². The predicted molar refractivity (Wildman–Crippen MR) is 97.5 cm³/mol. The third-order valence-electron chi connectivity index (χ3n) is 2.92. The topological polar surface area (TPSA) is 67.1 Å². The van der Waals surface area contributed by atoms with Gasteiger partial charge in [-0.2, -0.15) is 18.3 Å². The molecule has 0 saturated heterocycles. The van der Waals surface area contributed by atoms with Crippen molar-refractivity contribution in [2.75, 3.05) is 7.05 Å². The Morgan fingerprint density at radius 2 is 2.00 bits per heavy atom. The molecule has 2 heterocycles. The molecular formula is C13H18F3IN6S. The van der Waals surface area contributed by atoms with E-state index in [-0.39, 0.29) is 36.1 Å². The van der Waals surface area contributed by atoms with Crippen LogP contribution in [0.2, 0.25) is 0 Å². The zero-order valence-electron chi connectivity index (χ0n) is 13.3. The van der Waals surface area contributed by atoms with Crippen molar-refractivity contribution in [2.45, 2.75) is 26.2 Å². The molecule has 0 aliphatic heterocycles. The first-order chi connectivity index (χ1) is 10.8. The van der Waals surface area contributed by atoms with Crippen LogP contribution < -0.4 is 10.6 Å². The smallest absolute Gasteiger partial charge is 0.352 e. The molecule has 0 spiro atoms. The maximum absolute atomic E-state index is 12.9. The van der Waals surface area contributed by atoms with Crippen LogP contribution in [-0.2, 0) is 26.3 Å². The lowest BCUT2D eigenvalue weighted by atomic mass is 10.2. The maximum atomic E-state index is 12.9. The highest BCUT2D eigenvalue weighted by Gasteiger charge is 2.36. The summed E-state index contributed by atoms with van der Waals surface area (Å²) in [6.45, 7) is 2.38. The van der Waals surface area contributed by atoms with Gasteiger partial charge >= 0.3 is 6.18 Å². The number of aliphatic imine (C=N–C) groups is 1. The van der Waals surface area contributed by atoms with Gasteiger partial charge in [0.05, 0.1) is 6.54 Å². The van der Waals surface area contributed by atoms with E-state index in [2.05, 4.69) is 25.7 Å². The van der Waals surface area contributed by atoms with Crippen molar-refractivity contribution in [1.29, 1.82) is 0 Å². The third-order valence-corrected chi connectivity index (χ3v) is 3.83. The van der Waals surface area contributed by atoms with Gasteiger partial charge in [0.1, 0.15) is 5.01 Å². The summed E-state index contributed by atoms with van der Waals surface area (Å²) in [6.07, 6.45) is -1.37. The Hall–Kier alpha value is -1.37. The zero-order chi connectivity index (χ0) is 17.0. The van der Waals surface area contributed by atoms with Crippen LogP contribution in [0.3, 0.4) is 0 Å². The Kier molecular flexibility index (Phi) is 7.45. The molecule has 2 aromatic heterocycles. The number of alkyl halides is 3. The summed E-state index contributed by atoms with van der Waals surface area (Å²) in [5, 5.41) is 10.2. The van der Waals surface area contributed by atoms with E-state index in [1.165, 1.54) is 13.2 Å². The fourth-order valence-electron chi connectivity index (χ4n) is 1.95. The van der Waals surface area contributed by atoms with Crippen LogP contribution in [0.1, 0.15) is 21.1 Å². The average Bonchev–Trinajstić information content (AvgIpc) is 3.04. The number of aromatic nitrogens is 3. The molecule has 0 aliphatic rings. The zero-order valence-corrected chi connectivity index (χ0v) is 16.5. The fourth-order valence-corrected chi connectivity index (χ4v) is 2.67. The van der Waals surface area contributed by atoms with Crippen molar-refractivity contribution in [1.82, 2.24) is 25.4 Å². The Morgan fingerprint density at radius 1 is 1.33 bits per heavy atom. The number of guanidine groups is 1. The van der Waals surface area contributed by atoms with Gasteiger partial charge in [0.25, 0.3) is 0 Å². The molecule has 0 radical (unpaired) electrons. The van der Waals surface area contributed by atoms with E-state index in [1.807, 2.05) is 6.92 Å². The van der Waals surface area contributed by atoms with Gasteiger partial charge in [-0.05, 0) is 6.92 Å². The second kappa shape index (κ2) is 8.65. The molecule has 0 aromatic carbocycles. The SMILES string of the molecule is CN=C(NCc1ncc(C)s1)NCc1cn(C)nc1C(F)(F)F.I. The summed E-state index contributed by atoms with van der Waals surface area (Å²) in [6, 6.07) is 0. The first-order valence-corrected chi connectivity index (χ1v) is 7.56. The maximum Gasteiger partial charge on any atom is 0.435 e. The molecule has 0 saturated carbocycles. The summed E-state index contributed by atoms with van der Waals surface area (Å²) in [5.74, 6) is 0.398. The monoisotopic (exact) mass is 474 g/mol. The minimum Gasteiger partial charge on any atom is -0.352 e. The molecular weight excluding hydrogens is 456 g/mol. The van der Waals surface area contributed by atoms with E-state index in [9.17, 15) is 13.2 Å². The first-order valence-electron chi connectivity index (χ1n) is 6.75. The first kappa shape index (κ1) is 20.7. The second-order valence-electron chi connectivity index (χ2n) is 4.82. The highest BCUT2D eigenvalue weighted by Crippen LogP contribution is 2.30. The number of nitrogens with zero attached hydrogens (tertiary/aromatic N) is 4. The predicted octanol–water partition coefficient (Wildman–Crippen LogP) is 2.69. The Balaban J connectivity index is 0.00000288. The molecule has 134 valence electrons. The molecule has 2 rings (SSSR count). The van der Waals surface area contributed by atoms with E-state index in [4.69, 9.17) is 0 Å². The Bertz CT molecular complexity index is 694. The van der Waals surface area contributed by atoms with Gasteiger partial charge in [0.2, 0.25) is 0 Å². The summed E-state index contributed by atoms with van der Waals surface area (Å²) in [4.78, 5) is 9.28. The van der Waals surface area contributed by atoms with Gasteiger partial charge in [-0.25, -0.2) is 4.98 Å². The van der Waals surface area contributed by atoms with Crippen molar-refractivity contribution >= 4 is 41.3 Å². The molecule has 0 unspecified atom stereocenters. The molecule has 6 nitrogen and oxygen atoms in total. The molecule has 0 fully saturated rings. The number of rotatable bonds is 4. The van der Waals surface area contributed by atoms with Crippen molar-refractivity contribution < 1.29 is 13.2 Å². The number of aryl methyl sites for hydroxylation is 2. The normalized spacial score (nSPS) is 12.0. The Morgan fingerprint density at radius 3 is 2.54 bits per heavy atom. The van der Waals surface area contributed by atoms with Crippen LogP contribution in [0.5, 0.6) is 0 Å². The summed E-state index contributed by atoms with van der Waals surface area (Å²) in [5.41, 5.74) is -0.827. The van der Waals surface area contributed by atoms with Crippen LogP contribution in [0.25, 0.3) is 0 Å². The van der Waals surface area contributed by atoms with E-state index < -0.39 is 11.9 Å². The molecule has 24 heavy (non-hydrogen) atoms. The van der Waals surface area contributed by atoms with Crippen molar-refractivity contribution in [3.8, 4) is 0 Å². The minimum atomic E-state index is -4.48. The highest BCUT2D eigenvalue weighted by molar-refractivity contribution is 14.0. The molecule has 0 aliphatic carbocycles. The lowest BCUT2D eigenvalue weighted by Crippen LogP contribution is -2.36. The lowest BCUT2D eigenvalue weighted by Gasteiger charge is -2.11. The molecule has 2 N–H and O–H groups in total. The molecule has 2 aromatic rings. The van der Waals surface area contributed by atoms with Crippen LogP contribution in [0.15, 0.2) is 17.4 Å². The number of nitrogens with one attached hydrogen (secondary N) is 2. The third kappa shape index (κ3) is 5.61. The van der Waals surface area contributed by atoms with Crippen LogP contribution in [-0.4, -0.2) is 27.8 Å². The van der Waals surface area contributed by atoms with E-state index >= 15 is 0 Å². The van der Waals surface area contributed by atoms with Gasteiger partial charge < -0.3 is 10.6 Å². The van der Waals surface area contributed by atoms with E-state index in [1.54, 1.807) is 24.6 Å². The van der Waals surface area contributed by atoms with Crippen LogP contribution >= 0.6 is 35.3 Å². The molecule has 0 amide bonds.